The van der Waals surface area contributed by atoms with Crippen LogP contribution in [0.4, 0.5) is 0 Å². The quantitative estimate of drug-likeness (QED) is 0.491. The van der Waals surface area contributed by atoms with Crippen LogP contribution in [0.1, 0.15) is 48.1 Å². The van der Waals surface area contributed by atoms with Gasteiger partial charge in [0, 0.05) is 30.2 Å². The average molecular weight is 418 g/mol. The van der Waals surface area contributed by atoms with Crippen LogP contribution in [-0.2, 0) is 16.1 Å². The molecule has 1 aromatic heterocycles. The lowest BCUT2D eigenvalue weighted by Crippen LogP contribution is -2.37. The van der Waals surface area contributed by atoms with Crippen molar-refractivity contribution in [2.75, 3.05) is 13.1 Å². The number of amides is 2. The summed E-state index contributed by atoms with van der Waals surface area (Å²) in [4.78, 5) is 40.4. The molecule has 0 saturated carbocycles. The number of rotatable bonds is 6. The molecule has 2 aromatic carbocycles. The second kappa shape index (κ2) is 9.16. The van der Waals surface area contributed by atoms with Crippen molar-refractivity contribution in [3.8, 4) is 0 Å². The Kier molecular flexibility index (Phi) is 6.16. The Labute approximate surface area is 181 Å². The van der Waals surface area contributed by atoms with Crippen molar-refractivity contribution in [1.29, 1.82) is 0 Å². The number of benzene rings is 2. The van der Waals surface area contributed by atoms with Crippen LogP contribution in [0.15, 0.2) is 60.8 Å². The summed E-state index contributed by atoms with van der Waals surface area (Å²) >= 11 is 0. The van der Waals surface area contributed by atoms with Crippen LogP contribution < -0.4 is 5.32 Å². The zero-order chi connectivity index (χ0) is 21.8. The van der Waals surface area contributed by atoms with Gasteiger partial charge in [0.2, 0.25) is 5.91 Å². The molecule has 1 N–H and O–H groups in total. The fourth-order valence-electron chi connectivity index (χ4n) is 4.16. The molecule has 1 atom stereocenters. The number of Topliss-reactive ketones (excluding diaryl/α,β-unsaturated/α-hetero) is 1. The van der Waals surface area contributed by atoms with Crippen molar-refractivity contribution in [2.45, 2.75) is 38.8 Å². The average Bonchev–Trinajstić information content (AvgIpc) is 3.18. The van der Waals surface area contributed by atoms with Gasteiger partial charge in [-0.15, -0.1) is 0 Å². The van der Waals surface area contributed by atoms with Gasteiger partial charge in [0.25, 0.3) is 11.7 Å². The topological polar surface area (TPSA) is 71.4 Å². The second-order valence-corrected chi connectivity index (χ2v) is 8.06. The van der Waals surface area contributed by atoms with Crippen LogP contribution in [0.25, 0.3) is 10.9 Å². The Morgan fingerprint density at radius 3 is 2.35 bits per heavy atom. The molecular formula is C25H27N3O3. The van der Waals surface area contributed by atoms with Crippen LogP contribution >= 0.6 is 0 Å². The van der Waals surface area contributed by atoms with E-state index in [1.807, 2.05) is 66.4 Å². The standard InChI is InChI=1S/C25H27N3O3/c1-18(19-10-4-2-5-11-19)26-25(31)24(30)21-16-28(22-13-7-6-12-20(21)22)17-23(29)27-14-8-3-9-15-27/h2,4-7,10-13,16,18H,3,8-9,14-15,17H2,1H3,(H,26,31)/t18-/m1/s1. The molecule has 31 heavy (non-hydrogen) atoms. The Bertz CT molecular complexity index is 1100. The van der Waals surface area contributed by atoms with Crippen LogP contribution in [0.2, 0.25) is 0 Å². The third-order valence-corrected chi connectivity index (χ3v) is 5.90. The van der Waals surface area contributed by atoms with Gasteiger partial charge in [-0.05, 0) is 37.8 Å². The molecule has 3 aromatic rings. The maximum absolute atomic E-state index is 13.0. The molecule has 0 spiro atoms. The van der Waals surface area contributed by atoms with Crippen LogP contribution in [0, 0.1) is 0 Å². The van der Waals surface area contributed by atoms with Gasteiger partial charge in [0.1, 0.15) is 6.54 Å². The van der Waals surface area contributed by atoms with Crippen molar-refractivity contribution in [3.05, 3.63) is 71.9 Å². The van der Waals surface area contributed by atoms with Gasteiger partial charge in [-0.25, -0.2) is 0 Å². The maximum Gasteiger partial charge on any atom is 0.292 e. The summed E-state index contributed by atoms with van der Waals surface area (Å²) in [6, 6.07) is 16.6. The van der Waals surface area contributed by atoms with Crippen molar-refractivity contribution in [3.63, 3.8) is 0 Å². The Balaban J connectivity index is 1.55. The number of para-hydroxylation sites is 1. The Morgan fingerprint density at radius 1 is 0.935 bits per heavy atom. The highest BCUT2D eigenvalue weighted by atomic mass is 16.2. The molecule has 6 nitrogen and oxygen atoms in total. The molecule has 0 aliphatic carbocycles. The van der Waals surface area contributed by atoms with Crippen LogP contribution in [-0.4, -0.2) is 40.2 Å². The molecule has 0 bridgehead atoms. The minimum atomic E-state index is -0.651. The first-order chi connectivity index (χ1) is 15.0. The first-order valence-electron chi connectivity index (χ1n) is 10.8. The van der Waals surface area contributed by atoms with E-state index in [0.717, 1.165) is 43.4 Å². The molecule has 0 radical (unpaired) electrons. The highest BCUT2D eigenvalue weighted by molar-refractivity contribution is 6.45. The number of carbonyl (C=O) groups excluding carboxylic acids is 3. The number of nitrogens with zero attached hydrogens (tertiary/aromatic N) is 2. The van der Waals surface area contributed by atoms with E-state index >= 15 is 0 Å². The molecule has 160 valence electrons. The number of carbonyl (C=O) groups is 3. The molecule has 6 heteroatoms. The third-order valence-electron chi connectivity index (χ3n) is 5.90. The van der Waals surface area contributed by atoms with Crippen molar-refractivity contribution in [2.24, 2.45) is 0 Å². The number of nitrogens with one attached hydrogen (secondary N) is 1. The molecule has 1 fully saturated rings. The number of likely N-dealkylation sites (tertiary alicyclic amines) is 1. The lowest BCUT2D eigenvalue weighted by molar-refractivity contribution is -0.132. The fraction of sp³-hybridized carbons (Fsp3) is 0.320. The second-order valence-electron chi connectivity index (χ2n) is 8.06. The van der Waals surface area contributed by atoms with E-state index in [2.05, 4.69) is 5.32 Å². The molecule has 2 amide bonds. The smallest absolute Gasteiger partial charge is 0.292 e. The summed E-state index contributed by atoms with van der Waals surface area (Å²) in [5.74, 6) is -1.20. The normalized spacial score (nSPS) is 14.9. The largest absolute Gasteiger partial charge is 0.343 e. The summed E-state index contributed by atoms with van der Waals surface area (Å²) < 4.78 is 1.79. The summed E-state index contributed by atoms with van der Waals surface area (Å²) in [5.41, 5.74) is 2.03. The molecule has 0 unspecified atom stereocenters. The van der Waals surface area contributed by atoms with Gasteiger partial charge in [0.05, 0.1) is 11.6 Å². The lowest BCUT2D eigenvalue weighted by atomic mass is 10.1. The molecule has 1 aliphatic heterocycles. The van der Waals surface area contributed by atoms with E-state index in [1.165, 1.54) is 0 Å². The van der Waals surface area contributed by atoms with Crippen LogP contribution in [0.3, 0.4) is 0 Å². The number of hydrogen-bond acceptors (Lipinski definition) is 3. The maximum atomic E-state index is 13.0. The molecule has 1 saturated heterocycles. The monoisotopic (exact) mass is 417 g/mol. The zero-order valence-electron chi connectivity index (χ0n) is 17.7. The minimum absolute atomic E-state index is 0.0432. The summed E-state index contributed by atoms with van der Waals surface area (Å²) in [5, 5.41) is 3.47. The number of piperidine rings is 1. The van der Waals surface area contributed by atoms with Crippen LogP contribution in [0.5, 0.6) is 0 Å². The van der Waals surface area contributed by atoms with Crippen molar-refractivity contribution < 1.29 is 14.4 Å². The number of hydrogen-bond donors (Lipinski definition) is 1. The lowest BCUT2D eigenvalue weighted by Gasteiger charge is -2.27. The van der Waals surface area contributed by atoms with E-state index in [1.54, 1.807) is 10.8 Å². The fourth-order valence-corrected chi connectivity index (χ4v) is 4.16. The predicted octanol–water partition coefficient (Wildman–Crippen LogP) is 3.71. The van der Waals surface area contributed by atoms with E-state index < -0.39 is 11.7 Å². The van der Waals surface area contributed by atoms with E-state index in [4.69, 9.17) is 0 Å². The van der Waals surface area contributed by atoms with Gasteiger partial charge in [-0.3, -0.25) is 14.4 Å². The van der Waals surface area contributed by atoms with Crippen molar-refractivity contribution >= 4 is 28.5 Å². The van der Waals surface area contributed by atoms with Gasteiger partial charge < -0.3 is 14.8 Å². The zero-order valence-corrected chi connectivity index (χ0v) is 17.7. The van der Waals surface area contributed by atoms with Gasteiger partial charge in [0.15, 0.2) is 0 Å². The molecular weight excluding hydrogens is 390 g/mol. The number of fused-ring (bicyclic) bond motifs is 1. The molecule has 1 aliphatic rings. The van der Waals surface area contributed by atoms with Gasteiger partial charge >= 0.3 is 0 Å². The molecule has 2 heterocycles. The van der Waals surface area contributed by atoms with E-state index in [9.17, 15) is 14.4 Å². The first kappa shape index (κ1) is 20.8. The summed E-state index contributed by atoms with van der Waals surface area (Å²) in [7, 11) is 0. The predicted molar refractivity (Wildman–Crippen MR) is 120 cm³/mol. The summed E-state index contributed by atoms with van der Waals surface area (Å²) in [6.45, 7) is 3.57. The first-order valence-corrected chi connectivity index (χ1v) is 10.8. The van der Waals surface area contributed by atoms with Gasteiger partial charge in [-0.1, -0.05) is 48.5 Å². The van der Waals surface area contributed by atoms with Crippen molar-refractivity contribution in [1.82, 2.24) is 14.8 Å². The summed E-state index contributed by atoms with van der Waals surface area (Å²) in [6.07, 6.45) is 4.86. The number of ketones is 1. The van der Waals surface area contributed by atoms with Gasteiger partial charge in [-0.2, -0.15) is 0 Å². The Morgan fingerprint density at radius 2 is 1.61 bits per heavy atom. The highest BCUT2D eigenvalue weighted by Gasteiger charge is 2.24. The minimum Gasteiger partial charge on any atom is -0.343 e. The SMILES string of the molecule is C[C@@H](NC(=O)C(=O)c1cn(CC(=O)N2CCCCC2)c2ccccc12)c1ccccc1. The van der Waals surface area contributed by atoms with E-state index in [0.29, 0.717) is 10.9 Å². The number of aromatic nitrogens is 1. The van der Waals surface area contributed by atoms with E-state index in [-0.39, 0.29) is 18.5 Å². The third kappa shape index (κ3) is 4.53. The molecule has 4 rings (SSSR count). The highest BCUT2D eigenvalue weighted by Crippen LogP contribution is 2.23. The Hall–Kier alpha value is -3.41.